The summed E-state index contributed by atoms with van der Waals surface area (Å²) in [6.45, 7) is 6.46. The zero-order chi connectivity index (χ0) is 16.9. The highest BCUT2D eigenvalue weighted by Crippen LogP contribution is 2.28. The summed E-state index contributed by atoms with van der Waals surface area (Å²) in [4.78, 5) is 15.5. The second kappa shape index (κ2) is 8.15. The summed E-state index contributed by atoms with van der Waals surface area (Å²) in [7, 11) is 0. The van der Waals surface area contributed by atoms with Crippen LogP contribution in [0.2, 0.25) is 0 Å². The minimum Gasteiger partial charge on any atom is -0.352 e. The van der Waals surface area contributed by atoms with Crippen LogP contribution in [0.3, 0.4) is 0 Å². The lowest BCUT2D eigenvalue weighted by molar-refractivity contribution is -0.128. The van der Waals surface area contributed by atoms with Gasteiger partial charge >= 0.3 is 0 Å². The van der Waals surface area contributed by atoms with Gasteiger partial charge in [0.1, 0.15) is 6.04 Å². The molecule has 0 bridgehead atoms. The summed E-state index contributed by atoms with van der Waals surface area (Å²) in [6.07, 6.45) is 8.58. The molecule has 2 aliphatic rings. The maximum Gasteiger partial charge on any atom is 0.242 e. The Morgan fingerprint density at radius 2 is 1.79 bits per heavy atom. The van der Waals surface area contributed by atoms with E-state index < -0.39 is 0 Å². The number of aryl methyl sites for hydroxylation is 1. The van der Waals surface area contributed by atoms with E-state index in [-0.39, 0.29) is 11.9 Å². The Bertz CT molecular complexity index is 533. The van der Waals surface area contributed by atoms with Crippen LogP contribution in [-0.4, -0.2) is 29.9 Å². The lowest BCUT2D eigenvalue weighted by Gasteiger charge is -2.37. The molecule has 0 radical (unpaired) electrons. The average Bonchev–Trinajstić information content (AvgIpc) is 2.58. The fourth-order valence-corrected chi connectivity index (χ4v) is 4.26. The van der Waals surface area contributed by atoms with Crippen LogP contribution in [-0.2, 0) is 4.79 Å². The Morgan fingerprint density at radius 1 is 1.08 bits per heavy atom. The number of hydrogen-bond donors (Lipinski definition) is 1. The molecule has 0 aromatic heterocycles. The van der Waals surface area contributed by atoms with Gasteiger partial charge in [0.2, 0.25) is 5.91 Å². The molecule has 3 heteroatoms. The molecule has 1 amide bonds. The van der Waals surface area contributed by atoms with Crippen LogP contribution in [0.25, 0.3) is 0 Å². The van der Waals surface area contributed by atoms with Crippen molar-refractivity contribution in [2.75, 3.05) is 13.1 Å². The highest BCUT2D eigenvalue weighted by atomic mass is 16.2. The molecular weight excluding hydrogens is 296 g/mol. The Labute approximate surface area is 146 Å². The van der Waals surface area contributed by atoms with Crippen molar-refractivity contribution >= 4 is 5.91 Å². The SMILES string of the molecule is Cc1ccc([C@H](C(=O)NC2CCCCC2)N2CCC[C@@H](C)C2)cc1. The smallest absolute Gasteiger partial charge is 0.242 e. The molecule has 1 N–H and O–H groups in total. The fraction of sp³-hybridized carbons (Fsp3) is 0.667. The van der Waals surface area contributed by atoms with Crippen LogP contribution in [0.5, 0.6) is 0 Å². The standard InChI is InChI=1S/C21H32N2O/c1-16-10-12-18(13-11-16)20(23-14-6-7-17(2)15-23)21(24)22-19-8-4-3-5-9-19/h10-13,17,19-20H,3-9,14-15H2,1-2H3,(H,22,24)/t17-,20-/m1/s1. The summed E-state index contributed by atoms with van der Waals surface area (Å²) >= 11 is 0. The van der Waals surface area contributed by atoms with Crippen LogP contribution < -0.4 is 5.32 Å². The van der Waals surface area contributed by atoms with Crippen LogP contribution >= 0.6 is 0 Å². The normalized spacial score (nSPS) is 24.5. The van der Waals surface area contributed by atoms with Crippen molar-refractivity contribution in [3.8, 4) is 0 Å². The van der Waals surface area contributed by atoms with Gasteiger partial charge in [-0.25, -0.2) is 0 Å². The van der Waals surface area contributed by atoms with Gasteiger partial charge in [0.25, 0.3) is 0 Å². The van der Waals surface area contributed by atoms with Gasteiger partial charge in [-0.1, -0.05) is 56.0 Å². The Balaban J connectivity index is 1.77. The quantitative estimate of drug-likeness (QED) is 0.897. The molecule has 132 valence electrons. The molecule has 3 rings (SSSR count). The first-order valence-corrected chi connectivity index (χ1v) is 9.74. The second-order valence-electron chi connectivity index (χ2n) is 7.90. The zero-order valence-corrected chi connectivity index (χ0v) is 15.3. The van der Waals surface area contributed by atoms with E-state index in [0.29, 0.717) is 12.0 Å². The first-order valence-electron chi connectivity index (χ1n) is 9.74. The molecule has 1 saturated heterocycles. The summed E-state index contributed by atoms with van der Waals surface area (Å²) < 4.78 is 0. The molecule has 1 aromatic carbocycles. The van der Waals surface area contributed by atoms with Crippen molar-refractivity contribution in [1.29, 1.82) is 0 Å². The number of likely N-dealkylation sites (tertiary alicyclic amines) is 1. The maximum absolute atomic E-state index is 13.1. The number of nitrogens with one attached hydrogen (secondary N) is 1. The van der Waals surface area contributed by atoms with Crippen LogP contribution in [0.1, 0.15) is 69.0 Å². The maximum atomic E-state index is 13.1. The molecular formula is C21H32N2O. The van der Waals surface area contributed by atoms with E-state index in [2.05, 4.69) is 48.3 Å². The van der Waals surface area contributed by atoms with E-state index in [0.717, 1.165) is 31.5 Å². The van der Waals surface area contributed by atoms with Crippen molar-refractivity contribution in [3.63, 3.8) is 0 Å². The molecule has 3 nitrogen and oxygen atoms in total. The van der Waals surface area contributed by atoms with E-state index in [1.807, 2.05) is 0 Å². The van der Waals surface area contributed by atoms with Gasteiger partial charge in [-0.05, 0) is 50.6 Å². The molecule has 1 aliphatic heterocycles. The van der Waals surface area contributed by atoms with Crippen molar-refractivity contribution < 1.29 is 4.79 Å². The fourth-order valence-electron chi connectivity index (χ4n) is 4.26. The van der Waals surface area contributed by atoms with Gasteiger partial charge in [-0.15, -0.1) is 0 Å². The van der Waals surface area contributed by atoms with E-state index >= 15 is 0 Å². The number of piperidine rings is 1. The van der Waals surface area contributed by atoms with Crippen molar-refractivity contribution in [1.82, 2.24) is 10.2 Å². The third-order valence-corrected chi connectivity index (χ3v) is 5.65. The molecule has 1 heterocycles. The monoisotopic (exact) mass is 328 g/mol. The summed E-state index contributed by atoms with van der Waals surface area (Å²) in [5.74, 6) is 0.883. The predicted octanol–water partition coefficient (Wildman–Crippen LogP) is 4.22. The zero-order valence-electron chi connectivity index (χ0n) is 15.3. The van der Waals surface area contributed by atoms with Crippen LogP contribution in [0, 0.1) is 12.8 Å². The first-order chi connectivity index (χ1) is 11.6. The molecule has 2 atom stereocenters. The third kappa shape index (κ3) is 4.38. The number of hydrogen-bond acceptors (Lipinski definition) is 2. The molecule has 2 fully saturated rings. The molecule has 24 heavy (non-hydrogen) atoms. The third-order valence-electron chi connectivity index (χ3n) is 5.65. The van der Waals surface area contributed by atoms with Crippen molar-refractivity contribution in [2.45, 2.75) is 70.9 Å². The van der Waals surface area contributed by atoms with Crippen LogP contribution in [0.4, 0.5) is 0 Å². The van der Waals surface area contributed by atoms with Crippen molar-refractivity contribution in [2.24, 2.45) is 5.92 Å². The number of carbonyl (C=O) groups excluding carboxylic acids is 1. The van der Waals surface area contributed by atoms with Gasteiger partial charge < -0.3 is 5.32 Å². The van der Waals surface area contributed by atoms with E-state index in [9.17, 15) is 4.79 Å². The van der Waals surface area contributed by atoms with E-state index in [1.165, 1.54) is 37.7 Å². The Morgan fingerprint density at radius 3 is 2.46 bits per heavy atom. The van der Waals surface area contributed by atoms with Gasteiger partial charge in [-0.3, -0.25) is 9.69 Å². The summed E-state index contributed by atoms with van der Waals surface area (Å²) in [6, 6.07) is 8.78. The molecule has 0 unspecified atom stereocenters. The lowest BCUT2D eigenvalue weighted by atomic mass is 9.93. The average molecular weight is 329 g/mol. The number of nitrogens with zero attached hydrogens (tertiary/aromatic N) is 1. The predicted molar refractivity (Wildman–Crippen MR) is 98.9 cm³/mol. The topological polar surface area (TPSA) is 32.3 Å². The minimum absolute atomic E-state index is 0.129. The Kier molecular flexibility index (Phi) is 5.94. The number of amides is 1. The molecule has 1 saturated carbocycles. The summed E-state index contributed by atoms with van der Waals surface area (Å²) in [5, 5.41) is 3.36. The highest BCUT2D eigenvalue weighted by molar-refractivity contribution is 5.83. The molecule has 1 aromatic rings. The Hall–Kier alpha value is -1.35. The van der Waals surface area contributed by atoms with Gasteiger partial charge in [0.05, 0.1) is 0 Å². The van der Waals surface area contributed by atoms with Gasteiger partial charge in [0, 0.05) is 12.6 Å². The first kappa shape index (κ1) is 17.5. The molecule has 1 aliphatic carbocycles. The lowest BCUT2D eigenvalue weighted by Crippen LogP contribution is -2.47. The number of carbonyl (C=O) groups is 1. The number of rotatable bonds is 4. The second-order valence-corrected chi connectivity index (χ2v) is 7.90. The molecule has 0 spiro atoms. The van der Waals surface area contributed by atoms with Crippen LogP contribution in [0.15, 0.2) is 24.3 Å². The van der Waals surface area contributed by atoms with Gasteiger partial charge in [-0.2, -0.15) is 0 Å². The highest BCUT2D eigenvalue weighted by Gasteiger charge is 2.31. The van der Waals surface area contributed by atoms with Crippen molar-refractivity contribution in [3.05, 3.63) is 35.4 Å². The minimum atomic E-state index is -0.129. The van der Waals surface area contributed by atoms with Gasteiger partial charge in [0.15, 0.2) is 0 Å². The van der Waals surface area contributed by atoms with E-state index in [4.69, 9.17) is 0 Å². The largest absolute Gasteiger partial charge is 0.352 e. The number of benzene rings is 1. The van der Waals surface area contributed by atoms with E-state index in [1.54, 1.807) is 0 Å². The summed E-state index contributed by atoms with van der Waals surface area (Å²) in [5.41, 5.74) is 2.39.